The van der Waals surface area contributed by atoms with E-state index < -0.39 is 0 Å². The molecule has 25 heavy (non-hydrogen) atoms. The number of anilines is 1. The van der Waals surface area contributed by atoms with Crippen molar-refractivity contribution >= 4 is 27.5 Å². The van der Waals surface area contributed by atoms with Crippen LogP contribution in [0.3, 0.4) is 0 Å². The number of hydrogen-bond donors (Lipinski definition) is 1. The fraction of sp³-hybridized carbons (Fsp3) is 0.105. The Hall–Kier alpha value is -2.73. The van der Waals surface area contributed by atoms with Crippen molar-refractivity contribution < 1.29 is 4.79 Å². The number of nitrogens with one attached hydrogen (secondary N) is 1. The number of hydrogen-bond acceptors (Lipinski definition) is 3. The van der Waals surface area contributed by atoms with Crippen LogP contribution in [0.25, 0.3) is 0 Å². The Morgan fingerprint density at radius 1 is 1.12 bits per heavy atom. The highest BCUT2D eigenvalue weighted by atomic mass is 79.9. The Balaban J connectivity index is 1.82. The van der Waals surface area contributed by atoms with Gasteiger partial charge < -0.3 is 5.32 Å². The molecule has 0 bridgehead atoms. The number of nitrogens with zero attached hydrogens (tertiary/aromatic N) is 2. The topological polar surface area (TPSA) is 64.0 Å². The van der Waals surface area contributed by atoms with E-state index in [0.717, 1.165) is 15.6 Å². The lowest BCUT2D eigenvalue weighted by atomic mass is 10.2. The Kier molecular flexibility index (Phi) is 5.09. The minimum atomic E-state index is -0.358. The quantitative estimate of drug-likeness (QED) is 0.730. The number of benzene rings is 2. The lowest BCUT2D eigenvalue weighted by molar-refractivity contribution is 0.102. The van der Waals surface area contributed by atoms with Crippen LogP contribution in [0.5, 0.6) is 0 Å². The molecule has 0 atom stereocenters. The largest absolute Gasteiger partial charge is 0.321 e. The van der Waals surface area contributed by atoms with Crippen LogP contribution in [0.1, 0.15) is 21.6 Å². The Morgan fingerprint density at radius 2 is 1.88 bits per heavy atom. The van der Waals surface area contributed by atoms with Gasteiger partial charge in [0.2, 0.25) is 0 Å². The average Bonchev–Trinajstić information content (AvgIpc) is 2.61. The van der Waals surface area contributed by atoms with Crippen molar-refractivity contribution in [3.8, 4) is 0 Å². The van der Waals surface area contributed by atoms with E-state index in [-0.39, 0.29) is 17.2 Å². The van der Waals surface area contributed by atoms with Gasteiger partial charge in [-0.25, -0.2) is 4.68 Å². The van der Waals surface area contributed by atoms with E-state index in [1.165, 1.54) is 16.8 Å². The standard InChI is InChI=1S/C19H16BrN3O2/c1-13-11-15(7-8-16(13)20)21-19(25)17-9-10-18(24)23(22-17)12-14-5-3-2-4-6-14/h2-11H,12H2,1H3,(H,21,25). The zero-order valence-corrected chi connectivity index (χ0v) is 15.2. The molecule has 0 fully saturated rings. The van der Waals surface area contributed by atoms with Gasteiger partial charge in [-0.2, -0.15) is 5.10 Å². The van der Waals surface area contributed by atoms with Gasteiger partial charge in [0.25, 0.3) is 11.5 Å². The Bertz CT molecular complexity index is 968. The Labute approximate surface area is 153 Å². The van der Waals surface area contributed by atoms with Crippen LogP contribution in [0.15, 0.2) is 69.9 Å². The molecule has 126 valence electrons. The minimum absolute atomic E-state index is 0.191. The van der Waals surface area contributed by atoms with Crippen molar-refractivity contribution in [3.05, 3.63) is 92.3 Å². The lowest BCUT2D eigenvalue weighted by Crippen LogP contribution is -2.26. The van der Waals surface area contributed by atoms with Crippen LogP contribution < -0.4 is 10.9 Å². The average molecular weight is 398 g/mol. The Morgan fingerprint density at radius 3 is 2.60 bits per heavy atom. The second-order valence-corrected chi connectivity index (χ2v) is 6.47. The maximum absolute atomic E-state index is 12.4. The molecule has 0 aliphatic rings. The first-order valence-electron chi connectivity index (χ1n) is 7.72. The highest BCUT2D eigenvalue weighted by Gasteiger charge is 2.11. The molecule has 1 heterocycles. The van der Waals surface area contributed by atoms with Gasteiger partial charge in [0.05, 0.1) is 6.54 Å². The SMILES string of the molecule is Cc1cc(NC(=O)c2ccc(=O)n(Cc3ccccc3)n2)ccc1Br. The van der Waals surface area contributed by atoms with Crippen molar-refractivity contribution in [2.24, 2.45) is 0 Å². The summed E-state index contributed by atoms with van der Waals surface area (Å²) < 4.78 is 2.26. The van der Waals surface area contributed by atoms with Crippen LogP contribution in [-0.2, 0) is 6.54 Å². The molecule has 2 aromatic carbocycles. The van der Waals surface area contributed by atoms with E-state index in [1.54, 1.807) is 6.07 Å². The fourth-order valence-electron chi connectivity index (χ4n) is 2.36. The summed E-state index contributed by atoms with van der Waals surface area (Å²) in [6, 6.07) is 17.8. The normalized spacial score (nSPS) is 10.5. The van der Waals surface area contributed by atoms with Crippen LogP contribution in [0.4, 0.5) is 5.69 Å². The first-order chi connectivity index (χ1) is 12.0. The summed E-state index contributed by atoms with van der Waals surface area (Å²) in [7, 11) is 0. The summed E-state index contributed by atoms with van der Waals surface area (Å²) in [5, 5.41) is 6.99. The van der Waals surface area contributed by atoms with Crippen molar-refractivity contribution in [2.45, 2.75) is 13.5 Å². The van der Waals surface area contributed by atoms with Gasteiger partial charge >= 0.3 is 0 Å². The molecule has 1 aromatic heterocycles. The molecule has 5 nitrogen and oxygen atoms in total. The fourth-order valence-corrected chi connectivity index (χ4v) is 2.60. The predicted octanol–water partition coefficient (Wildman–Crippen LogP) is 3.61. The third-order valence-electron chi connectivity index (χ3n) is 3.69. The maximum Gasteiger partial charge on any atom is 0.276 e. The number of halogens is 1. The molecule has 0 saturated heterocycles. The number of carbonyl (C=O) groups is 1. The van der Waals surface area contributed by atoms with Crippen LogP contribution >= 0.6 is 15.9 Å². The number of rotatable bonds is 4. The highest BCUT2D eigenvalue weighted by molar-refractivity contribution is 9.10. The summed E-state index contributed by atoms with van der Waals surface area (Å²) in [5.41, 5.74) is 2.57. The second kappa shape index (κ2) is 7.44. The van der Waals surface area contributed by atoms with Gasteiger partial charge in [0.15, 0.2) is 0 Å². The molecule has 1 amide bonds. The molecule has 0 aliphatic carbocycles. The van der Waals surface area contributed by atoms with Gasteiger partial charge in [-0.15, -0.1) is 0 Å². The summed E-state index contributed by atoms with van der Waals surface area (Å²) in [6.07, 6.45) is 0. The monoisotopic (exact) mass is 397 g/mol. The zero-order chi connectivity index (χ0) is 17.8. The predicted molar refractivity (Wildman–Crippen MR) is 101 cm³/mol. The van der Waals surface area contributed by atoms with E-state index in [0.29, 0.717) is 12.2 Å². The smallest absolute Gasteiger partial charge is 0.276 e. The highest BCUT2D eigenvalue weighted by Crippen LogP contribution is 2.20. The molecule has 0 aliphatic heterocycles. The van der Waals surface area contributed by atoms with Crippen LogP contribution in [0.2, 0.25) is 0 Å². The van der Waals surface area contributed by atoms with E-state index in [2.05, 4.69) is 26.3 Å². The van der Waals surface area contributed by atoms with Crippen molar-refractivity contribution in [1.29, 1.82) is 0 Å². The second-order valence-electron chi connectivity index (χ2n) is 5.62. The summed E-state index contributed by atoms with van der Waals surface area (Å²) in [6.45, 7) is 2.26. The number of aryl methyl sites for hydroxylation is 1. The molecule has 0 saturated carbocycles. The summed E-state index contributed by atoms with van der Waals surface area (Å²) in [5.74, 6) is -0.358. The van der Waals surface area contributed by atoms with E-state index in [9.17, 15) is 9.59 Å². The first-order valence-corrected chi connectivity index (χ1v) is 8.52. The third kappa shape index (κ3) is 4.22. The summed E-state index contributed by atoms with van der Waals surface area (Å²) >= 11 is 3.43. The maximum atomic E-state index is 12.4. The molecule has 3 aromatic rings. The van der Waals surface area contributed by atoms with Gasteiger partial charge in [-0.05, 0) is 42.3 Å². The number of carbonyl (C=O) groups excluding carboxylic acids is 1. The molecule has 0 spiro atoms. The van der Waals surface area contributed by atoms with Crippen molar-refractivity contribution in [2.75, 3.05) is 5.32 Å². The van der Waals surface area contributed by atoms with Gasteiger partial charge in [0, 0.05) is 16.2 Å². The van der Waals surface area contributed by atoms with Gasteiger partial charge in [-0.3, -0.25) is 9.59 Å². The van der Waals surface area contributed by atoms with Gasteiger partial charge in [-0.1, -0.05) is 46.3 Å². The lowest BCUT2D eigenvalue weighted by Gasteiger charge is -2.09. The van der Waals surface area contributed by atoms with Crippen LogP contribution in [-0.4, -0.2) is 15.7 Å². The van der Waals surface area contributed by atoms with E-state index in [1.807, 2.05) is 49.4 Å². The number of aromatic nitrogens is 2. The third-order valence-corrected chi connectivity index (χ3v) is 4.58. The molecule has 6 heteroatoms. The van der Waals surface area contributed by atoms with Crippen LogP contribution in [0, 0.1) is 6.92 Å². The molecule has 1 N–H and O–H groups in total. The van der Waals surface area contributed by atoms with E-state index >= 15 is 0 Å². The van der Waals surface area contributed by atoms with Gasteiger partial charge in [0.1, 0.15) is 5.69 Å². The van der Waals surface area contributed by atoms with Crippen molar-refractivity contribution in [3.63, 3.8) is 0 Å². The first kappa shape index (κ1) is 17.1. The molecular weight excluding hydrogens is 382 g/mol. The summed E-state index contributed by atoms with van der Waals surface area (Å²) in [4.78, 5) is 24.4. The minimum Gasteiger partial charge on any atom is -0.321 e. The number of amides is 1. The van der Waals surface area contributed by atoms with E-state index in [4.69, 9.17) is 0 Å². The molecular formula is C19H16BrN3O2. The zero-order valence-electron chi connectivity index (χ0n) is 13.6. The molecule has 0 radical (unpaired) electrons. The molecule has 3 rings (SSSR count). The molecule has 0 unspecified atom stereocenters. The van der Waals surface area contributed by atoms with Crippen molar-refractivity contribution in [1.82, 2.24) is 9.78 Å².